The highest BCUT2D eigenvalue weighted by molar-refractivity contribution is 5.93. The third-order valence-corrected chi connectivity index (χ3v) is 5.78. The monoisotopic (exact) mass is 383 g/mol. The van der Waals surface area contributed by atoms with Crippen LogP contribution in [0.3, 0.4) is 0 Å². The van der Waals surface area contributed by atoms with Gasteiger partial charge in [0.15, 0.2) is 5.89 Å². The zero-order valence-electron chi connectivity index (χ0n) is 17.2. The molecule has 7 nitrogen and oxygen atoms in total. The van der Waals surface area contributed by atoms with E-state index < -0.39 is 0 Å². The van der Waals surface area contributed by atoms with Crippen molar-refractivity contribution in [2.24, 2.45) is 0 Å². The first-order valence-corrected chi connectivity index (χ1v) is 10.1. The van der Waals surface area contributed by atoms with E-state index in [1.807, 2.05) is 18.7 Å². The van der Waals surface area contributed by atoms with Crippen LogP contribution in [-0.4, -0.2) is 65.4 Å². The normalized spacial score (nSPS) is 20.8. The van der Waals surface area contributed by atoms with E-state index in [-0.39, 0.29) is 11.9 Å². The highest BCUT2D eigenvalue weighted by Gasteiger charge is 2.34. The Morgan fingerprint density at radius 2 is 1.82 bits per heavy atom. The smallest absolute Gasteiger partial charge is 0.292 e. The molecular weight excluding hydrogens is 354 g/mol. The van der Waals surface area contributed by atoms with Crippen LogP contribution in [0.4, 0.5) is 5.69 Å². The fraction of sp³-hybridized carbons (Fsp3) is 0.571. The van der Waals surface area contributed by atoms with Gasteiger partial charge in [-0.05, 0) is 45.9 Å². The second-order valence-electron chi connectivity index (χ2n) is 7.99. The minimum Gasteiger partial charge on any atom is -0.436 e. The number of likely N-dealkylation sites (tertiary alicyclic amines) is 1. The summed E-state index contributed by atoms with van der Waals surface area (Å²) in [6.45, 7) is 10.5. The average molecular weight is 383 g/mol. The molecule has 0 aliphatic carbocycles. The predicted molar refractivity (Wildman–Crippen MR) is 108 cm³/mol. The van der Waals surface area contributed by atoms with Crippen molar-refractivity contribution in [3.63, 3.8) is 0 Å². The molecule has 0 N–H and O–H groups in total. The van der Waals surface area contributed by atoms with Crippen molar-refractivity contribution in [1.82, 2.24) is 19.8 Å². The molecule has 4 rings (SSSR count). The summed E-state index contributed by atoms with van der Waals surface area (Å²) in [5.74, 6) is 0.809. The Labute approximate surface area is 166 Å². The van der Waals surface area contributed by atoms with E-state index in [2.05, 4.69) is 34.0 Å². The number of amides is 1. The van der Waals surface area contributed by atoms with E-state index in [1.54, 1.807) is 6.92 Å². The minimum atomic E-state index is -0.0787. The summed E-state index contributed by atoms with van der Waals surface area (Å²) >= 11 is 0. The Balaban J connectivity index is 1.60. The number of pyridine rings is 1. The number of aromatic nitrogens is 2. The van der Waals surface area contributed by atoms with E-state index >= 15 is 0 Å². The van der Waals surface area contributed by atoms with Crippen molar-refractivity contribution >= 4 is 11.6 Å². The lowest BCUT2D eigenvalue weighted by molar-refractivity contribution is 0.0698. The molecule has 0 aromatic carbocycles. The molecule has 1 atom stereocenters. The van der Waals surface area contributed by atoms with Crippen LogP contribution in [0.15, 0.2) is 16.5 Å². The second kappa shape index (κ2) is 7.54. The summed E-state index contributed by atoms with van der Waals surface area (Å²) < 4.78 is 5.59. The Hall–Kier alpha value is -2.41. The van der Waals surface area contributed by atoms with Crippen LogP contribution >= 0.6 is 0 Å². The molecule has 1 unspecified atom stereocenters. The average Bonchev–Trinajstić information content (AvgIpc) is 3.27. The zero-order chi connectivity index (χ0) is 19.8. The number of rotatable bonds is 3. The van der Waals surface area contributed by atoms with Crippen molar-refractivity contribution in [2.45, 2.75) is 39.7 Å². The number of aryl methyl sites for hydroxylation is 3. The van der Waals surface area contributed by atoms with Gasteiger partial charge in [-0.1, -0.05) is 0 Å². The van der Waals surface area contributed by atoms with Gasteiger partial charge in [-0.15, -0.1) is 0 Å². The fourth-order valence-electron chi connectivity index (χ4n) is 4.27. The number of oxazole rings is 1. The van der Waals surface area contributed by atoms with Crippen LogP contribution < -0.4 is 4.90 Å². The Bertz CT molecular complexity index is 870. The van der Waals surface area contributed by atoms with Gasteiger partial charge in [-0.25, -0.2) is 4.98 Å². The molecular formula is C21H29N5O2. The SMILES string of the molecule is Cc1cc(N2CCN(C)CC2)cc(C2CCCN2C(=O)c2oc(C)nc2C)n1. The van der Waals surface area contributed by atoms with E-state index in [4.69, 9.17) is 9.40 Å². The number of nitrogens with zero attached hydrogens (tertiary/aromatic N) is 5. The Morgan fingerprint density at radius 1 is 1.07 bits per heavy atom. The highest BCUT2D eigenvalue weighted by atomic mass is 16.4. The molecule has 7 heteroatoms. The molecule has 2 aliphatic heterocycles. The van der Waals surface area contributed by atoms with Gasteiger partial charge in [0.25, 0.3) is 5.91 Å². The molecule has 2 aliphatic rings. The lowest BCUT2D eigenvalue weighted by Crippen LogP contribution is -2.44. The van der Waals surface area contributed by atoms with Gasteiger partial charge in [0.05, 0.1) is 17.4 Å². The Morgan fingerprint density at radius 3 is 2.50 bits per heavy atom. The predicted octanol–water partition coefficient (Wildman–Crippen LogP) is 2.72. The van der Waals surface area contributed by atoms with Crippen molar-refractivity contribution < 1.29 is 9.21 Å². The molecule has 1 amide bonds. The molecule has 2 aromatic rings. The van der Waals surface area contributed by atoms with Crippen LogP contribution in [0.2, 0.25) is 0 Å². The standard InChI is InChI=1S/C21H29N5O2/c1-14-12-17(25-10-8-24(4)9-11-25)13-18(22-14)19-6-5-7-26(19)21(27)20-15(2)23-16(3)28-20/h12-13,19H,5-11H2,1-4H3. The lowest BCUT2D eigenvalue weighted by atomic mass is 10.1. The molecule has 2 fully saturated rings. The van der Waals surface area contributed by atoms with Gasteiger partial charge in [0.2, 0.25) is 5.76 Å². The third-order valence-electron chi connectivity index (χ3n) is 5.78. The molecule has 0 bridgehead atoms. The van der Waals surface area contributed by atoms with Crippen molar-refractivity contribution in [3.8, 4) is 0 Å². The maximum absolute atomic E-state index is 13.1. The summed E-state index contributed by atoms with van der Waals surface area (Å²) in [6, 6.07) is 4.32. The maximum atomic E-state index is 13.1. The quantitative estimate of drug-likeness (QED) is 0.812. The molecule has 2 saturated heterocycles. The number of carbonyl (C=O) groups excluding carboxylic acids is 1. The zero-order valence-corrected chi connectivity index (χ0v) is 17.2. The van der Waals surface area contributed by atoms with Gasteiger partial charge in [-0.2, -0.15) is 0 Å². The largest absolute Gasteiger partial charge is 0.436 e. The molecule has 0 saturated carbocycles. The van der Waals surface area contributed by atoms with Crippen molar-refractivity contribution in [3.05, 3.63) is 40.9 Å². The van der Waals surface area contributed by atoms with Crippen LogP contribution in [0, 0.1) is 20.8 Å². The number of carbonyl (C=O) groups is 1. The number of hydrogen-bond donors (Lipinski definition) is 0. The number of hydrogen-bond acceptors (Lipinski definition) is 6. The number of piperazine rings is 1. The first kappa shape index (κ1) is 18.9. The number of anilines is 1. The van der Waals surface area contributed by atoms with Gasteiger partial charge in [0.1, 0.15) is 0 Å². The minimum absolute atomic E-state index is 0.0107. The van der Waals surface area contributed by atoms with E-state index in [0.717, 1.165) is 57.0 Å². The summed E-state index contributed by atoms with van der Waals surface area (Å²) in [5.41, 5.74) is 3.84. The fourth-order valence-corrected chi connectivity index (χ4v) is 4.27. The van der Waals surface area contributed by atoms with E-state index in [1.165, 1.54) is 5.69 Å². The van der Waals surface area contributed by atoms with Crippen LogP contribution in [-0.2, 0) is 0 Å². The summed E-state index contributed by atoms with van der Waals surface area (Å²) in [7, 11) is 2.16. The third kappa shape index (κ3) is 3.63. The van der Waals surface area contributed by atoms with E-state index in [9.17, 15) is 4.79 Å². The topological polar surface area (TPSA) is 65.7 Å². The van der Waals surface area contributed by atoms with Crippen LogP contribution in [0.5, 0.6) is 0 Å². The first-order valence-electron chi connectivity index (χ1n) is 10.1. The van der Waals surface area contributed by atoms with E-state index in [0.29, 0.717) is 17.3 Å². The molecule has 150 valence electrons. The first-order chi connectivity index (χ1) is 13.4. The van der Waals surface area contributed by atoms with Gasteiger partial charge < -0.3 is 19.1 Å². The van der Waals surface area contributed by atoms with Gasteiger partial charge in [-0.3, -0.25) is 9.78 Å². The van der Waals surface area contributed by atoms with Gasteiger partial charge >= 0.3 is 0 Å². The molecule has 0 spiro atoms. The maximum Gasteiger partial charge on any atom is 0.292 e. The summed E-state index contributed by atoms with van der Waals surface area (Å²) in [6.07, 6.45) is 1.90. The van der Waals surface area contributed by atoms with Crippen molar-refractivity contribution in [2.75, 3.05) is 44.7 Å². The second-order valence-corrected chi connectivity index (χ2v) is 7.99. The Kier molecular flexibility index (Phi) is 5.10. The molecule has 4 heterocycles. The highest BCUT2D eigenvalue weighted by Crippen LogP contribution is 2.34. The number of likely N-dealkylation sites (N-methyl/N-ethyl adjacent to an activating group) is 1. The van der Waals surface area contributed by atoms with Crippen LogP contribution in [0.25, 0.3) is 0 Å². The van der Waals surface area contributed by atoms with Crippen molar-refractivity contribution in [1.29, 1.82) is 0 Å². The van der Waals surface area contributed by atoms with Crippen LogP contribution in [0.1, 0.15) is 52.4 Å². The summed E-state index contributed by atoms with van der Waals surface area (Å²) in [5, 5.41) is 0. The molecule has 28 heavy (non-hydrogen) atoms. The summed E-state index contributed by atoms with van der Waals surface area (Å²) in [4.78, 5) is 28.9. The van der Waals surface area contributed by atoms with Gasteiger partial charge in [0, 0.05) is 51.0 Å². The molecule has 2 aromatic heterocycles. The molecule has 0 radical (unpaired) electrons. The lowest BCUT2D eigenvalue weighted by Gasteiger charge is -2.34.